The van der Waals surface area contributed by atoms with Gasteiger partial charge in [-0.15, -0.1) is 0 Å². The molecule has 4 nitrogen and oxygen atoms in total. The molecule has 1 aromatic rings. The molecule has 4 heteroatoms. The van der Waals surface area contributed by atoms with Gasteiger partial charge in [0.2, 0.25) is 0 Å². The maximum Gasteiger partial charge on any atom is 0.386 e. The minimum atomic E-state index is -0.811. The third-order valence-electron chi connectivity index (χ3n) is 1.96. The van der Waals surface area contributed by atoms with Crippen LogP contribution in [0.5, 0.6) is 0 Å². The van der Waals surface area contributed by atoms with Gasteiger partial charge in [-0.05, 0) is 18.2 Å². The highest BCUT2D eigenvalue weighted by molar-refractivity contribution is 5.93. The van der Waals surface area contributed by atoms with Crippen molar-refractivity contribution in [1.82, 2.24) is 0 Å². The van der Waals surface area contributed by atoms with Crippen LogP contribution < -0.4 is 0 Å². The normalized spacial score (nSPS) is 10.3. The van der Waals surface area contributed by atoms with Gasteiger partial charge < -0.3 is 0 Å². The van der Waals surface area contributed by atoms with Crippen LogP contribution in [0.3, 0.4) is 0 Å². The van der Waals surface area contributed by atoms with Crippen LogP contribution in [0, 0.1) is 0 Å². The fourth-order valence-corrected chi connectivity index (χ4v) is 1.09. The number of allylic oxidation sites excluding steroid dienone is 2. The van der Waals surface area contributed by atoms with Gasteiger partial charge in [0.15, 0.2) is 0 Å². The third-order valence-corrected chi connectivity index (χ3v) is 1.96. The Morgan fingerprint density at radius 1 is 1.06 bits per heavy atom. The van der Waals surface area contributed by atoms with Crippen molar-refractivity contribution in [3.63, 3.8) is 0 Å². The summed E-state index contributed by atoms with van der Waals surface area (Å²) in [5.74, 6) is -1.56. The minimum absolute atomic E-state index is 0.144. The Bertz CT molecular complexity index is 486. The lowest BCUT2D eigenvalue weighted by molar-refractivity contribution is -0.228. The smallest absolute Gasteiger partial charge is 0.242 e. The van der Waals surface area contributed by atoms with Crippen molar-refractivity contribution in [1.29, 1.82) is 0 Å². The Balaban J connectivity index is 2.58. The summed E-state index contributed by atoms with van der Waals surface area (Å²) in [6.45, 7) is 6.86. The van der Waals surface area contributed by atoms with Crippen molar-refractivity contribution in [3.05, 3.63) is 72.9 Å². The van der Waals surface area contributed by atoms with Crippen molar-refractivity contribution in [2.75, 3.05) is 0 Å². The number of hydrogen-bond donors (Lipinski definition) is 0. The molecule has 0 aliphatic heterocycles. The highest BCUT2D eigenvalue weighted by atomic mass is 17.2. The van der Waals surface area contributed by atoms with E-state index in [0.29, 0.717) is 0 Å². The third kappa shape index (κ3) is 3.75. The van der Waals surface area contributed by atoms with Gasteiger partial charge in [0.05, 0.1) is 11.1 Å². The summed E-state index contributed by atoms with van der Waals surface area (Å²) in [4.78, 5) is 31.7. The van der Waals surface area contributed by atoms with Gasteiger partial charge >= 0.3 is 11.9 Å². The second kappa shape index (κ2) is 6.85. The molecule has 0 bridgehead atoms. The van der Waals surface area contributed by atoms with Gasteiger partial charge in [-0.3, -0.25) is 0 Å². The van der Waals surface area contributed by atoms with Crippen LogP contribution in [0.15, 0.2) is 67.3 Å². The molecule has 0 spiro atoms. The van der Waals surface area contributed by atoms with E-state index in [1.54, 1.807) is 30.3 Å². The molecule has 0 aromatic heterocycles. The lowest BCUT2D eigenvalue weighted by Gasteiger charge is -2.03. The van der Waals surface area contributed by atoms with E-state index in [4.69, 9.17) is 0 Å². The first kappa shape index (κ1) is 13.4. The molecule has 0 fully saturated rings. The van der Waals surface area contributed by atoms with Gasteiger partial charge in [-0.2, -0.15) is 0 Å². The molecular formula is C14H12O4. The van der Waals surface area contributed by atoms with E-state index in [1.807, 2.05) is 0 Å². The van der Waals surface area contributed by atoms with Gasteiger partial charge in [-0.1, -0.05) is 43.5 Å². The maximum absolute atomic E-state index is 11.5. The zero-order chi connectivity index (χ0) is 13.4. The molecule has 0 N–H and O–H groups in total. The molecule has 0 amide bonds. The van der Waals surface area contributed by atoms with Crippen LogP contribution in [0.1, 0.15) is 10.4 Å². The molecule has 92 valence electrons. The van der Waals surface area contributed by atoms with Crippen molar-refractivity contribution in [2.24, 2.45) is 0 Å². The van der Waals surface area contributed by atoms with Gasteiger partial charge in [0, 0.05) is 0 Å². The lowest BCUT2D eigenvalue weighted by Crippen LogP contribution is -2.12. The lowest BCUT2D eigenvalue weighted by atomic mass is 10.2. The Kier molecular flexibility index (Phi) is 5.12. The first-order valence-electron chi connectivity index (χ1n) is 5.12. The van der Waals surface area contributed by atoms with E-state index in [1.165, 1.54) is 18.2 Å². The van der Waals surface area contributed by atoms with Crippen LogP contribution >= 0.6 is 0 Å². The molecule has 0 aliphatic rings. The number of hydrogen-bond acceptors (Lipinski definition) is 4. The van der Waals surface area contributed by atoms with Crippen LogP contribution in [0.2, 0.25) is 0 Å². The second-order valence-corrected chi connectivity index (χ2v) is 3.17. The number of carbonyl (C=O) groups is 2. The molecule has 1 rings (SSSR count). The van der Waals surface area contributed by atoms with E-state index < -0.39 is 11.9 Å². The standard InChI is InChI=1S/C14H12O4/c1-3-8-11(4-2)13(15)17-18-14(16)12-9-6-5-7-10-12/h3-10H,1-2H2/b11-8+. The Morgan fingerprint density at radius 3 is 2.28 bits per heavy atom. The number of benzene rings is 1. The zero-order valence-electron chi connectivity index (χ0n) is 9.67. The minimum Gasteiger partial charge on any atom is -0.242 e. The number of carbonyl (C=O) groups excluding carboxylic acids is 2. The molecule has 18 heavy (non-hydrogen) atoms. The SMILES string of the molecule is C=C/C=C(\C=C)C(=O)OOC(=O)c1ccccc1. The Labute approximate surface area is 105 Å². The van der Waals surface area contributed by atoms with E-state index >= 15 is 0 Å². The van der Waals surface area contributed by atoms with E-state index in [0.717, 1.165) is 0 Å². The van der Waals surface area contributed by atoms with Crippen molar-refractivity contribution >= 4 is 11.9 Å². The average Bonchev–Trinajstić information content (AvgIpc) is 2.42. The largest absolute Gasteiger partial charge is 0.386 e. The first-order chi connectivity index (χ1) is 8.69. The van der Waals surface area contributed by atoms with Crippen LogP contribution in [-0.4, -0.2) is 11.9 Å². The molecular weight excluding hydrogens is 232 g/mol. The van der Waals surface area contributed by atoms with Crippen molar-refractivity contribution in [3.8, 4) is 0 Å². The molecule has 0 unspecified atom stereocenters. The monoisotopic (exact) mass is 244 g/mol. The first-order valence-corrected chi connectivity index (χ1v) is 5.12. The quantitative estimate of drug-likeness (QED) is 0.353. The van der Waals surface area contributed by atoms with E-state index in [-0.39, 0.29) is 11.1 Å². The predicted molar refractivity (Wildman–Crippen MR) is 66.4 cm³/mol. The van der Waals surface area contributed by atoms with Gasteiger partial charge in [-0.25, -0.2) is 19.4 Å². The summed E-state index contributed by atoms with van der Waals surface area (Å²) in [6.07, 6.45) is 4.07. The highest BCUT2D eigenvalue weighted by Gasteiger charge is 2.13. The van der Waals surface area contributed by atoms with Crippen LogP contribution in [0.4, 0.5) is 0 Å². The number of rotatable bonds is 4. The van der Waals surface area contributed by atoms with Gasteiger partial charge in [0.1, 0.15) is 0 Å². The molecule has 0 aliphatic carbocycles. The highest BCUT2D eigenvalue weighted by Crippen LogP contribution is 2.04. The molecule has 0 atom stereocenters. The molecule has 0 saturated carbocycles. The summed E-state index contributed by atoms with van der Waals surface area (Å²) in [7, 11) is 0. The summed E-state index contributed by atoms with van der Waals surface area (Å²) in [5.41, 5.74) is 0.434. The zero-order valence-corrected chi connectivity index (χ0v) is 9.67. The fraction of sp³-hybridized carbons (Fsp3) is 0. The van der Waals surface area contributed by atoms with Gasteiger partial charge in [0.25, 0.3) is 0 Å². The van der Waals surface area contributed by atoms with Crippen molar-refractivity contribution < 1.29 is 19.4 Å². The second-order valence-electron chi connectivity index (χ2n) is 3.17. The van der Waals surface area contributed by atoms with E-state index in [2.05, 4.69) is 22.9 Å². The maximum atomic E-state index is 11.5. The summed E-state index contributed by atoms with van der Waals surface area (Å²) < 4.78 is 0. The summed E-state index contributed by atoms with van der Waals surface area (Å²) >= 11 is 0. The Hall–Kier alpha value is -2.62. The predicted octanol–water partition coefficient (Wildman–Crippen LogP) is 2.60. The summed E-state index contributed by atoms with van der Waals surface area (Å²) in [6, 6.07) is 8.19. The topological polar surface area (TPSA) is 52.6 Å². The molecule has 1 aromatic carbocycles. The fourth-order valence-electron chi connectivity index (χ4n) is 1.09. The van der Waals surface area contributed by atoms with Crippen LogP contribution in [-0.2, 0) is 14.6 Å². The van der Waals surface area contributed by atoms with Crippen LogP contribution in [0.25, 0.3) is 0 Å². The Morgan fingerprint density at radius 2 is 1.72 bits per heavy atom. The van der Waals surface area contributed by atoms with E-state index in [9.17, 15) is 9.59 Å². The average molecular weight is 244 g/mol. The molecule has 0 radical (unpaired) electrons. The molecule has 0 saturated heterocycles. The summed E-state index contributed by atoms with van der Waals surface area (Å²) in [5, 5.41) is 0. The van der Waals surface area contributed by atoms with Crippen molar-refractivity contribution in [2.45, 2.75) is 0 Å². The molecule has 0 heterocycles.